The summed E-state index contributed by atoms with van der Waals surface area (Å²) in [6.07, 6.45) is 0. The maximum absolute atomic E-state index is 14.1. The summed E-state index contributed by atoms with van der Waals surface area (Å²) in [5, 5.41) is 12.8. The van der Waals surface area contributed by atoms with Crippen molar-refractivity contribution in [1.29, 1.82) is 0 Å². The third kappa shape index (κ3) is 1.89. The smallest absolute Gasteiger partial charge is 0.175 e. The van der Waals surface area contributed by atoms with Gasteiger partial charge in [-0.3, -0.25) is 0 Å². The van der Waals surface area contributed by atoms with Crippen LogP contribution in [0.25, 0.3) is 10.8 Å². The third-order valence-electron chi connectivity index (χ3n) is 4.22. The number of nitrogens with two attached hydrogens (primary N) is 1. The molecule has 3 aromatic carbocycles. The Labute approximate surface area is 136 Å². The van der Waals surface area contributed by atoms with E-state index < -0.39 is 5.60 Å². The second kappa shape index (κ2) is 4.78. The molecule has 0 radical (unpaired) electrons. The van der Waals surface area contributed by atoms with Crippen LogP contribution in [-0.2, 0) is 5.60 Å². The van der Waals surface area contributed by atoms with E-state index in [0.29, 0.717) is 32.6 Å². The van der Waals surface area contributed by atoms with Crippen molar-refractivity contribution in [3.05, 3.63) is 76.6 Å². The van der Waals surface area contributed by atoms with E-state index in [-0.39, 0.29) is 11.7 Å². The summed E-state index contributed by atoms with van der Waals surface area (Å²) >= 11 is 6.07. The summed E-state index contributed by atoms with van der Waals surface area (Å²) in [6.45, 7) is 0. The van der Waals surface area contributed by atoms with Crippen molar-refractivity contribution >= 4 is 33.9 Å². The SMILES string of the molecule is NC1=Nc2ccc(Cl)cc2C1(O)c1ccc(F)c2ccccc12. The maximum Gasteiger partial charge on any atom is 0.175 e. The van der Waals surface area contributed by atoms with E-state index in [9.17, 15) is 9.50 Å². The minimum absolute atomic E-state index is 0.0477. The molecule has 3 aromatic rings. The summed E-state index contributed by atoms with van der Waals surface area (Å²) in [6, 6.07) is 14.8. The van der Waals surface area contributed by atoms with Crippen molar-refractivity contribution in [1.82, 2.24) is 0 Å². The monoisotopic (exact) mass is 326 g/mol. The average molecular weight is 327 g/mol. The Morgan fingerprint density at radius 2 is 1.74 bits per heavy atom. The summed E-state index contributed by atoms with van der Waals surface area (Å²) in [5.74, 6) is -0.306. The molecule has 5 heteroatoms. The highest BCUT2D eigenvalue weighted by Crippen LogP contribution is 2.45. The summed E-state index contributed by atoms with van der Waals surface area (Å²) in [5.41, 5.74) is 5.95. The lowest BCUT2D eigenvalue weighted by Gasteiger charge is -2.26. The predicted octanol–water partition coefficient (Wildman–Crippen LogP) is 3.87. The molecule has 1 heterocycles. The van der Waals surface area contributed by atoms with Crippen LogP contribution in [0.2, 0.25) is 5.02 Å². The standard InChI is InChI=1S/C18H12ClFN2O/c19-10-5-8-16-14(9-10)18(23,17(21)22-16)13-6-7-15(20)12-4-2-1-3-11(12)13/h1-9,23H,(H2,21,22). The molecule has 0 fully saturated rings. The van der Waals surface area contributed by atoms with Gasteiger partial charge in [0.1, 0.15) is 11.7 Å². The van der Waals surface area contributed by atoms with E-state index in [1.807, 2.05) is 0 Å². The average Bonchev–Trinajstić information content (AvgIpc) is 2.80. The minimum Gasteiger partial charge on any atom is -0.384 e. The molecule has 0 amide bonds. The Morgan fingerprint density at radius 1 is 1.00 bits per heavy atom. The first kappa shape index (κ1) is 14.2. The Hall–Kier alpha value is -2.43. The molecule has 3 N–H and O–H groups in total. The second-order valence-corrected chi connectivity index (χ2v) is 5.95. The molecule has 114 valence electrons. The molecule has 0 bridgehead atoms. The molecule has 1 aliphatic rings. The molecule has 0 aromatic heterocycles. The van der Waals surface area contributed by atoms with Crippen LogP contribution in [0, 0.1) is 5.82 Å². The Bertz CT molecular complexity index is 986. The number of amidine groups is 1. The van der Waals surface area contributed by atoms with E-state index in [2.05, 4.69) is 4.99 Å². The first-order valence-corrected chi connectivity index (χ1v) is 7.44. The number of hydrogen-bond acceptors (Lipinski definition) is 3. The van der Waals surface area contributed by atoms with Crippen molar-refractivity contribution in [2.24, 2.45) is 10.7 Å². The van der Waals surface area contributed by atoms with E-state index in [1.54, 1.807) is 42.5 Å². The number of aliphatic imine (C=N–C) groups is 1. The molecule has 23 heavy (non-hydrogen) atoms. The molecular formula is C18H12ClFN2O. The quantitative estimate of drug-likeness (QED) is 0.713. The fraction of sp³-hybridized carbons (Fsp3) is 0.0556. The molecule has 0 aliphatic carbocycles. The van der Waals surface area contributed by atoms with Gasteiger partial charge < -0.3 is 10.8 Å². The zero-order valence-electron chi connectivity index (χ0n) is 11.9. The zero-order chi connectivity index (χ0) is 16.2. The van der Waals surface area contributed by atoms with Crippen LogP contribution in [0.15, 0.2) is 59.6 Å². The number of benzene rings is 3. The molecule has 0 saturated carbocycles. The highest BCUT2D eigenvalue weighted by molar-refractivity contribution is 6.30. The van der Waals surface area contributed by atoms with Gasteiger partial charge in [0, 0.05) is 21.5 Å². The van der Waals surface area contributed by atoms with Crippen LogP contribution in [-0.4, -0.2) is 10.9 Å². The zero-order valence-corrected chi connectivity index (χ0v) is 12.7. The number of rotatable bonds is 1. The van der Waals surface area contributed by atoms with Gasteiger partial charge in [-0.1, -0.05) is 41.9 Å². The Morgan fingerprint density at radius 3 is 2.52 bits per heavy atom. The van der Waals surface area contributed by atoms with Crippen LogP contribution in [0.3, 0.4) is 0 Å². The van der Waals surface area contributed by atoms with Gasteiger partial charge in [0.25, 0.3) is 0 Å². The summed E-state index contributed by atoms with van der Waals surface area (Å²) in [4.78, 5) is 4.24. The first-order chi connectivity index (χ1) is 11.0. The minimum atomic E-state index is -1.63. The Kier molecular flexibility index (Phi) is 2.95. The highest BCUT2D eigenvalue weighted by Gasteiger charge is 2.43. The molecule has 4 rings (SSSR count). The van der Waals surface area contributed by atoms with Crippen LogP contribution >= 0.6 is 11.6 Å². The van der Waals surface area contributed by atoms with E-state index in [0.717, 1.165) is 0 Å². The summed E-state index contributed by atoms with van der Waals surface area (Å²) in [7, 11) is 0. The molecule has 0 spiro atoms. The number of fused-ring (bicyclic) bond motifs is 2. The molecule has 1 atom stereocenters. The van der Waals surface area contributed by atoms with E-state index in [4.69, 9.17) is 17.3 Å². The van der Waals surface area contributed by atoms with Crippen LogP contribution in [0.5, 0.6) is 0 Å². The van der Waals surface area contributed by atoms with Crippen molar-refractivity contribution in [3.8, 4) is 0 Å². The van der Waals surface area contributed by atoms with Gasteiger partial charge in [-0.25, -0.2) is 9.38 Å². The largest absolute Gasteiger partial charge is 0.384 e. The van der Waals surface area contributed by atoms with Gasteiger partial charge in [0.05, 0.1) is 5.69 Å². The normalized spacial score (nSPS) is 19.7. The van der Waals surface area contributed by atoms with Gasteiger partial charge in [0.15, 0.2) is 5.60 Å². The fourth-order valence-electron chi connectivity index (χ4n) is 3.11. The van der Waals surface area contributed by atoms with Crippen LogP contribution in [0.1, 0.15) is 11.1 Å². The van der Waals surface area contributed by atoms with Crippen molar-refractivity contribution in [3.63, 3.8) is 0 Å². The van der Waals surface area contributed by atoms with Gasteiger partial charge in [-0.05, 0) is 29.7 Å². The third-order valence-corrected chi connectivity index (χ3v) is 4.46. The summed E-state index contributed by atoms with van der Waals surface area (Å²) < 4.78 is 14.1. The number of aliphatic hydroxyl groups is 1. The lowest BCUT2D eigenvalue weighted by atomic mass is 9.83. The number of nitrogens with zero attached hydrogens (tertiary/aromatic N) is 1. The van der Waals surface area contributed by atoms with Gasteiger partial charge in [-0.15, -0.1) is 0 Å². The van der Waals surface area contributed by atoms with Gasteiger partial charge >= 0.3 is 0 Å². The Balaban J connectivity index is 2.08. The van der Waals surface area contributed by atoms with Crippen molar-refractivity contribution in [2.45, 2.75) is 5.60 Å². The predicted molar refractivity (Wildman–Crippen MR) is 89.6 cm³/mol. The molecule has 1 unspecified atom stereocenters. The van der Waals surface area contributed by atoms with Crippen LogP contribution < -0.4 is 5.73 Å². The number of halogens is 2. The van der Waals surface area contributed by atoms with E-state index in [1.165, 1.54) is 12.1 Å². The molecular weight excluding hydrogens is 315 g/mol. The van der Waals surface area contributed by atoms with Crippen LogP contribution in [0.4, 0.5) is 10.1 Å². The van der Waals surface area contributed by atoms with E-state index >= 15 is 0 Å². The fourth-order valence-corrected chi connectivity index (χ4v) is 3.28. The molecule has 0 saturated heterocycles. The lowest BCUT2D eigenvalue weighted by Crippen LogP contribution is -2.39. The van der Waals surface area contributed by atoms with Gasteiger partial charge in [0.2, 0.25) is 0 Å². The topological polar surface area (TPSA) is 58.6 Å². The molecule has 3 nitrogen and oxygen atoms in total. The molecule has 1 aliphatic heterocycles. The van der Waals surface area contributed by atoms with Crippen molar-refractivity contribution < 1.29 is 9.50 Å². The van der Waals surface area contributed by atoms with Crippen molar-refractivity contribution in [2.75, 3.05) is 0 Å². The van der Waals surface area contributed by atoms with Gasteiger partial charge in [-0.2, -0.15) is 0 Å². The number of hydrogen-bond donors (Lipinski definition) is 2. The lowest BCUT2D eigenvalue weighted by molar-refractivity contribution is 0.160. The first-order valence-electron chi connectivity index (χ1n) is 7.06. The second-order valence-electron chi connectivity index (χ2n) is 5.51. The highest BCUT2D eigenvalue weighted by atomic mass is 35.5. The maximum atomic E-state index is 14.1.